The molecule has 0 aromatic carbocycles. The van der Waals surface area contributed by atoms with E-state index in [0.717, 1.165) is 18.0 Å². The summed E-state index contributed by atoms with van der Waals surface area (Å²) in [6.07, 6.45) is 7.29. The van der Waals surface area contributed by atoms with Gasteiger partial charge < -0.3 is 5.32 Å². The Morgan fingerprint density at radius 3 is 2.85 bits per heavy atom. The smallest absolute Gasteiger partial charge is 0.0151 e. The minimum Gasteiger partial charge on any atom is -0.316 e. The second kappa shape index (κ2) is 3.25. The Hall–Kier alpha value is -0.0800. The summed E-state index contributed by atoms with van der Waals surface area (Å²) in [7, 11) is 0. The van der Waals surface area contributed by atoms with Crippen molar-refractivity contribution in [3.8, 4) is 0 Å². The van der Waals surface area contributed by atoms with Crippen LogP contribution in [0.15, 0.2) is 0 Å². The number of hydrogen-bond acceptors (Lipinski definition) is 2. The Kier molecular flexibility index (Phi) is 2.06. The Balaban J connectivity index is 1.71. The first kappa shape index (κ1) is 8.25. The molecule has 2 heterocycles. The van der Waals surface area contributed by atoms with Crippen molar-refractivity contribution in [3.63, 3.8) is 0 Å². The molecule has 2 saturated heterocycles. The van der Waals surface area contributed by atoms with Crippen molar-refractivity contribution in [2.75, 3.05) is 19.6 Å². The summed E-state index contributed by atoms with van der Waals surface area (Å²) in [5, 5.41) is 3.54. The summed E-state index contributed by atoms with van der Waals surface area (Å²) in [4.78, 5) is 2.83. The molecule has 2 aliphatic heterocycles. The number of rotatable bonds is 1. The van der Waals surface area contributed by atoms with Crippen LogP contribution in [0, 0.1) is 5.92 Å². The standard InChI is InChI=1S/C11H20N2/c1-2-9-8-12-6-5-11(9)13(7-1)10-3-4-10/h9-12H,1-8H2/t9-,11+/m1/s1. The lowest BCUT2D eigenvalue weighted by Gasteiger charge is -2.44. The van der Waals surface area contributed by atoms with E-state index in [1.54, 1.807) is 0 Å². The second-order valence-corrected chi connectivity index (χ2v) is 4.93. The predicted octanol–water partition coefficient (Wildman–Crippen LogP) is 1.22. The van der Waals surface area contributed by atoms with E-state index in [2.05, 4.69) is 10.2 Å². The Morgan fingerprint density at radius 1 is 1.08 bits per heavy atom. The minimum atomic E-state index is 0.947. The van der Waals surface area contributed by atoms with Crippen molar-refractivity contribution in [1.29, 1.82) is 0 Å². The van der Waals surface area contributed by atoms with Crippen LogP contribution in [-0.2, 0) is 0 Å². The second-order valence-electron chi connectivity index (χ2n) is 4.93. The van der Waals surface area contributed by atoms with Crippen LogP contribution in [0.2, 0.25) is 0 Å². The number of nitrogens with one attached hydrogen (secondary N) is 1. The van der Waals surface area contributed by atoms with Gasteiger partial charge in [0.15, 0.2) is 0 Å². The van der Waals surface area contributed by atoms with Gasteiger partial charge in [-0.1, -0.05) is 0 Å². The highest BCUT2D eigenvalue weighted by Gasteiger charge is 2.40. The van der Waals surface area contributed by atoms with E-state index in [9.17, 15) is 0 Å². The molecule has 1 N–H and O–H groups in total. The van der Waals surface area contributed by atoms with Crippen molar-refractivity contribution >= 4 is 0 Å². The van der Waals surface area contributed by atoms with Crippen LogP contribution in [0.25, 0.3) is 0 Å². The van der Waals surface area contributed by atoms with E-state index < -0.39 is 0 Å². The van der Waals surface area contributed by atoms with Crippen molar-refractivity contribution in [2.24, 2.45) is 5.92 Å². The van der Waals surface area contributed by atoms with Crippen molar-refractivity contribution in [3.05, 3.63) is 0 Å². The van der Waals surface area contributed by atoms with Crippen LogP contribution in [0.4, 0.5) is 0 Å². The quantitative estimate of drug-likeness (QED) is 0.653. The Bertz CT molecular complexity index is 187. The molecule has 2 heteroatoms. The van der Waals surface area contributed by atoms with E-state index in [0.29, 0.717) is 0 Å². The fraction of sp³-hybridized carbons (Fsp3) is 1.00. The molecule has 0 amide bonds. The molecule has 0 spiro atoms. The number of fused-ring (bicyclic) bond motifs is 1. The summed E-state index contributed by atoms with van der Waals surface area (Å²) in [5.74, 6) is 0.975. The van der Waals surface area contributed by atoms with E-state index in [1.807, 2.05) is 0 Å². The highest BCUT2D eigenvalue weighted by molar-refractivity contribution is 4.96. The van der Waals surface area contributed by atoms with Gasteiger partial charge in [-0.2, -0.15) is 0 Å². The number of likely N-dealkylation sites (tertiary alicyclic amines) is 1. The van der Waals surface area contributed by atoms with Crippen LogP contribution in [0.3, 0.4) is 0 Å². The maximum Gasteiger partial charge on any atom is 0.0151 e. The topological polar surface area (TPSA) is 15.3 Å². The van der Waals surface area contributed by atoms with Gasteiger partial charge >= 0.3 is 0 Å². The van der Waals surface area contributed by atoms with Gasteiger partial charge in [0.25, 0.3) is 0 Å². The Morgan fingerprint density at radius 2 is 2.00 bits per heavy atom. The molecule has 0 aromatic rings. The van der Waals surface area contributed by atoms with Crippen LogP contribution in [0.5, 0.6) is 0 Å². The fourth-order valence-corrected chi connectivity index (χ4v) is 3.20. The van der Waals surface area contributed by atoms with E-state index >= 15 is 0 Å². The third kappa shape index (κ3) is 1.50. The molecule has 74 valence electrons. The number of piperidine rings is 2. The zero-order valence-corrected chi connectivity index (χ0v) is 8.34. The summed E-state index contributed by atoms with van der Waals surface area (Å²) in [5.41, 5.74) is 0. The maximum atomic E-state index is 3.54. The third-order valence-corrected chi connectivity index (χ3v) is 4.00. The fourth-order valence-electron chi connectivity index (χ4n) is 3.20. The van der Waals surface area contributed by atoms with Crippen molar-refractivity contribution < 1.29 is 0 Å². The first-order valence-corrected chi connectivity index (χ1v) is 5.91. The van der Waals surface area contributed by atoms with Gasteiger partial charge in [-0.3, -0.25) is 4.90 Å². The SMILES string of the molecule is C1C[C@@H]2CNCC[C@@H]2N(C2CC2)C1. The highest BCUT2D eigenvalue weighted by atomic mass is 15.2. The molecule has 3 rings (SSSR count). The van der Waals surface area contributed by atoms with Gasteiger partial charge in [0.2, 0.25) is 0 Å². The average Bonchev–Trinajstić information content (AvgIpc) is 3.00. The zero-order chi connectivity index (χ0) is 8.67. The molecule has 3 aliphatic rings. The van der Waals surface area contributed by atoms with E-state index in [4.69, 9.17) is 0 Å². The van der Waals surface area contributed by atoms with Gasteiger partial charge in [0.1, 0.15) is 0 Å². The summed E-state index contributed by atoms with van der Waals surface area (Å²) in [6.45, 7) is 3.93. The van der Waals surface area contributed by atoms with Gasteiger partial charge in [0.05, 0.1) is 0 Å². The van der Waals surface area contributed by atoms with E-state index in [1.165, 1.54) is 51.7 Å². The minimum absolute atomic E-state index is 0.947. The molecule has 0 radical (unpaired) electrons. The molecule has 1 saturated carbocycles. The van der Waals surface area contributed by atoms with Crippen molar-refractivity contribution in [2.45, 2.75) is 44.2 Å². The molecule has 0 unspecified atom stereocenters. The maximum absolute atomic E-state index is 3.54. The van der Waals surface area contributed by atoms with Crippen molar-refractivity contribution in [1.82, 2.24) is 10.2 Å². The first-order chi connectivity index (χ1) is 6.45. The molecular weight excluding hydrogens is 160 g/mol. The molecule has 1 aliphatic carbocycles. The van der Waals surface area contributed by atoms with Gasteiger partial charge in [-0.25, -0.2) is 0 Å². The predicted molar refractivity (Wildman–Crippen MR) is 53.7 cm³/mol. The lowest BCUT2D eigenvalue weighted by atomic mass is 9.84. The van der Waals surface area contributed by atoms with Crippen LogP contribution >= 0.6 is 0 Å². The molecule has 2 nitrogen and oxygen atoms in total. The van der Waals surface area contributed by atoms with Gasteiger partial charge in [-0.15, -0.1) is 0 Å². The molecule has 0 aromatic heterocycles. The monoisotopic (exact) mass is 180 g/mol. The summed E-state index contributed by atoms with van der Waals surface area (Å²) >= 11 is 0. The average molecular weight is 180 g/mol. The Labute approximate surface area is 80.7 Å². The number of hydrogen-bond donors (Lipinski definition) is 1. The number of nitrogens with zero attached hydrogens (tertiary/aromatic N) is 1. The molecule has 13 heavy (non-hydrogen) atoms. The normalized spacial score (nSPS) is 41.5. The molecule has 2 atom stereocenters. The van der Waals surface area contributed by atoms with Crippen LogP contribution < -0.4 is 5.32 Å². The lowest BCUT2D eigenvalue weighted by Crippen LogP contribution is -2.53. The highest BCUT2D eigenvalue weighted by Crippen LogP contribution is 2.36. The summed E-state index contributed by atoms with van der Waals surface area (Å²) in [6, 6.07) is 1.94. The van der Waals surface area contributed by atoms with Gasteiger partial charge in [-0.05, 0) is 57.7 Å². The van der Waals surface area contributed by atoms with Crippen LogP contribution in [-0.4, -0.2) is 36.6 Å². The van der Waals surface area contributed by atoms with Crippen LogP contribution in [0.1, 0.15) is 32.1 Å². The zero-order valence-electron chi connectivity index (χ0n) is 8.34. The molecule has 3 fully saturated rings. The lowest BCUT2D eigenvalue weighted by molar-refractivity contribution is 0.0623. The molecular formula is C11H20N2. The molecule has 0 bridgehead atoms. The van der Waals surface area contributed by atoms with E-state index in [-0.39, 0.29) is 0 Å². The largest absolute Gasteiger partial charge is 0.316 e. The first-order valence-electron chi connectivity index (χ1n) is 5.91. The van der Waals surface area contributed by atoms with Gasteiger partial charge in [0, 0.05) is 12.1 Å². The summed E-state index contributed by atoms with van der Waals surface area (Å²) < 4.78 is 0. The third-order valence-electron chi connectivity index (χ3n) is 4.00.